The topological polar surface area (TPSA) is 72.1 Å². The highest BCUT2D eigenvalue weighted by atomic mass is 127. The van der Waals surface area contributed by atoms with Crippen LogP contribution in [-0.4, -0.2) is 50.3 Å². The summed E-state index contributed by atoms with van der Waals surface area (Å²) in [4.78, 5) is 7.04. The van der Waals surface area contributed by atoms with E-state index in [9.17, 15) is 0 Å². The number of anilines is 1. The zero-order valence-corrected chi connectivity index (χ0v) is 18.5. The molecule has 0 saturated carbocycles. The molecule has 6 nitrogen and oxygen atoms in total. The molecule has 1 saturated heterocycles. The van der Waals surface area contributed by atoms with Gasteiger partial charge in [-0.2, -0.15) is 0 Å². The number of rotatable bonds is 9. The Morgan fingerprint density at radius 2 is 2.04 bits per heavy atom. The van der Waals surface area contributed by atoms with Crippen LogP contribution in [0.15, 0.2) is 23.2 Å². The summed E-state index contributed by atoms with van der Waals surface area (Å²) in [7, 11) is 0. The van der Waals surface area contributed by atoms with Crippen LogP contribution in [0.1, 0.15) is 33.6 Å². The van der Waals surface area contributed by atoms with Crippen molar-refractivity contribution in [2.75, 3.05) is 44.7 Å². The van der Waals surface area contributed by atoms with Gasteiger partial charge in [0, 0.05) is 19.2 Å². The van der Waals surface area contributed by atoms with E-state index in [1.165, 1.54) is 25.9 Å². The van der Waals surface area contributed by atoms with Gasteiger partial charge in [-0.15, -0.1) is 24.0 Å². The van der Waals surface area contributed by atoms with Crippen LogP contribution < -0.4 is 20.5 Å². The lowest BCUT2D eigenvalue weighted by molar-refractivity contribution is 0.326. The Hall–Kier alpha value is -1.22. The maximum Gasteiger partial charge on any atom is 0.193 e. The maximum atomic E-state index is 6.10. The molecule has 2 rings (SSSR count). The van der Waals surface area contributed by atoms with E-state index in [0.717, 1.165) is 30.3 Å². The van der Waals surface area contributed by atoms with E-state index in [2.05, 4.69) is 22.1 Å². The fraction of sp³-hybridized carbons (Fsp3) is 0.632. The van der Waals surface area contributed by atoms with Gasteiger partial charge in [-0.3, -0.25) is 4.99 Å². The van der Waals surface area contributed by atoms with E-state index < -0.39 is 0 Å². The zero-order valence-electron chi connectivity index (χ0n) is 16.2. The Morgan fingerprint density at radius 1 is 1.27 bits per heavy atom. The van der Waals surface area contributed by atoms with Crippen molar-refractivity contribution < 1.29 is 9.47 Å². The molecular formula is C19H33IN4O2. The van der Waals surface area contributed by atoms with Gasteiger partial charge in [0.05, 0.1) is 18.9 Å². The number of likely N-dealkylation sites (tertiary alicyclic amines) is 1. The van der Waals surface area contributed by atoms with Crippen LogP contribution >= 0.6 is 24.0 Å². The molecule has 1 unspecified atom stereocenters. The normalized spacial score (nSPS) is 17.7. The quantitative estimate of drug-likeness (QED) is 0.324. The molecule has 1 heterocycles. The average Bonchev–Trinajstić information content (AvgIpc) is 3.04. The van der Waals surface area contributed by atoms with Crippen molar-refractivity contribution in [3.05, 3.63) is 18.2 Å². The Morgan fingerprint density at radius 3 is 2.73 bits per heavy atom. The molecular weight excluding hydrogens is 443 g/mol. The largest absolute Gasteiger partial charge is 0.494 e. The molecule has 0 radical (unpaired) electrons. The van der Waals surface area contributed by atoms with Gasteiger partial charge in [0.15, 0.2) is 5.96 Å². The first-order valence-electron chi connectivity index (χ1n) is 9.35. The van der Waals surface area contributed by atoms with E-state index in [-0.39, 0.29) is 24.0 Å². The van der Waals surface area contributed by atoms with Crippen molar-refractivity contribution in [3.8, 4) is 11.5 Å². The molecule has 0 spiro atoms. The third-order valence-electron chi connectivity index (χ3n) is 4.25. The average molecular weight is 476 g/mol. The van der Waals surface area contributed by atoms with E-state index in [4.69, 9.17) is 15.2 Å². The Kier molecular flexibility index (Phi) is 10.7. The summed E-state index contributed by atoms with van der Waals surface area (Å²) in [5, 5.41) is 3.16. The summed E-state index contributed by atoms with van der Waals surface area (Å²) in [5.41, 5.74) is 6.88. The number of ether oxygens (including phenoxy) is 2. The van der Waals surface area contributed by atoms with Gasteiger partial charge < -0.3 is 25.4 Å². The lowest BCUT2D eigenvalue weighted by Crippen LogP contribution is -2.25. The number of halogens is 1. The summed E-state index contributed by atoms with van der Waals surface area (Å²) in [6.45, 7) is 11.6. The first kappa shape index (κ1) is 22.8. The monoisotopic (exact) mass is 476 g/mol. The number of nitrogens with two attached hydrogens (primary N) is 1. The molecule has 148 valence electrons. The van der Waals surface area contributed by atoms with Crippen molar-refractivity contribution >= 4 is 35.6 Å². The Bertz CT molecular complexity index is 568. The molecule has 1 atom stereocenters. The van der Waals surface area contributed by atoms with E-state index >= 15 is 0 Å². The summed E-state index contributed by atoms with van der Waals surface area (Å²) in [5.74, 6) is 2.54. The molecule has 26 heavy (non-hydrogen) atoms. The molecule has 1 aliphatic rings. The molecule has 0 bridgehead atoms. The van der Waals surface area contributed by atoms with Crippen LogP contribution in [0.25, 0.3) is 0 Å². The molecule has 7 heteroatoms. The minimum Gasteiger partial charge on any atom is -0.494 e. The predicted molar refractivity (Wildman–Crippen MR) is 119 cm³/mol. The summed E-state index contributed by atoms with van der Waals surface area (Å²) in [6, 6.07) is 5.69. The third kappa shape index (κ3) is 7.19. The standard InChI is InChI=1S/C19H32N4O2.HI/c1-4-10-23-11-9-15(14-23)13-21-19(20)22-17-12-16(24-5-2)7-8-18(17)25-6-3;/h7-8,12,15H,4-6,9-11,13-14H2,1-3H3,(H3,20,21,22);1H. The fourth-order valence-electron chi connectivity index (χ4n) is 3.13. The SMILES string of the molecule is CCCN1CCC(CN=C(N)Nc2cc(OCC)ccc2OCC)C1.I. The smallest absolute Gasteiger partial charge is 0.193 e. The van der Waals surface area contributed by atoms with Crippen LogP contribution in [0.5, 0.6) is 11.5 Å². The van der Waals surface area contributed by atoms with Crippen LogP contribution in [0.3, 0.4) is 0 Å². The summed E-state index contributed by atoms with van der Waals surface area (Å²) < 4.78 is 11.2. The number of hydrogen-bond acceptors (Lipinski definition) is 4. The second kappa shape index (κ2) is 12.2. The predicted octanol–water partition coefficient (Wildman–Crippen LogP) is 3.56. The van der Waals surface area contributed by atoms with Crippen molar-refractivity contribution in [3.63, 3.8) is 0 Å². The highest BCUT2D eigenvalue weighted by Crippen LogP contribution is 2.29. The highest BCUT2D eigenvalue weighted by molar-refractivity contribution is 14.0. The molecule has 1 aromatic rings. The molecule has 1 aromatic carbocycles. The number of nitrogens with one attached hydrogen (secondary N) is 1. The lowest BCUT2D eigenvalue weighted by atomic mass is 10.1. The number of aliphatic imine (C=N–C) groups is 1. The van der Waals surface area contributed by atoms with Gasteiger partial charge in [-0.25, -0.2) is 0 Å². The van der Waals surface area contributed by atoms with Crippen LogP contribution in [0.4, 0.5) is 5.69 Å². The van der Waals surface area contributed by atoms with Gasteiger partial charge in [-0.1, -0.05) is 6.92 Å². The minimum atomic E-state index is 0. The second-order valence-electron chi connectivity index (χ2n) is 6.33. The Balaban J connectivity index is 0.00000338. The second-order valence-corrected chi connectivity index (χ2v) is 6.33. The lowest BCUT2D eigenvalue weighted by Gasteiger charge is -2.15. The van der Waals surface area contributed by atoms with E-state index in [1.54, 1.807) is 0 Å². The van der Waals surface area contributed by atoms with Crippen molar-refractivity contribution in [2.45, 2.75) is 33.6 Å². The zero-order chi connectivity index (χ0) is 18.1. The third-order valence-corrected chi connectivity index (χ3v) is 4.25. The number of benzene rings is 1. The minimum absolute atomic E-state index is 0. The van der Waals surface area contributed by atoms with Crippen LogP contribution in [-0.2, 0) is 0 Å². The van der Waals surface area contributed by atoms with Crippen molar-refractivity contribution in [1.29, 1.82) is 0 Å². The highest BCUT2D eigenvalue weighted by Gasteiger charge is 2.21. The first-order valence-corrected chi connectivity index (χ1v) is 9.35. The molecule has 3 N–H and O–H groups in total. The number of nitrogens with zero attached hydrogens (tertiary/aromatic N) is 2. The Labute approximate surface area is 174 Å². The first-order chi connectivity index (χ1) is 12.2. The summed E-state index contributed by atoms with van der Waals surface area (Å²) in [6.07, 6.45) is 2.40. The van der Waals surface area contributed by atoms with E-state index in [0.29, 0.717) is 25.1 Å². The number of guanidine groups is 1. The van der Waals surface area contributed by atoms with Gasteiger partial charge in [0.1, 0.15) is 11.5 Å². The fourth-order valence-corrected chi connectivity index (χ4v) is 3.13. The van der Waals surface area contributed by atoms with Crippen LogP contribution in [0, 0.1) is 5.92 Å². The van der Waals surface area contributed by atoms with Gasteiger partial charge >= 0.3 is 0 Å². The molecule has 0 amide bonds. The molecule has 0 aromatic heterocycles. The van der Waals surface area contributed by atoms with Crippen LogP contribution in [0.2, 0.25) is 0 Å². The van der Waals surface area contributed by atoms with Gasteiger partial charge in [0.25, 0.3) is 0 Å². The molecule has 1 aliphatic heterocycles. The molecule has 1 fully saturated rings. The summed E-state index contributed by atoms with van der Waals surface area (Å²) >= 11 is 0. The van der Waals surface area contributed by atoms with Crippen molar-refractivity contribution in [2.24, 2.45) is 16.6 Å². The number of hydrogen-bond donors (Lipinski definition) is 2. The van der Waals surface area contributed by atoms with Crippen molar-refractivity contribution in [1.82, 2.24) is 4.90 Å². The maximum absolute atomic E-state index is 6.10. The van der Waals surface area contributed by atoms with Gasteiger partial charge in [-0.05, 0) is 57.8 Å². The molecule has 0 aliphatic carbocycles. The van der Waals surface area contributed by atoms with Gasteiger partial charge in [0.2, 0.25) is 0 Å². The van der Waals surface area contributed by atoms with E-state index in [1.807, 2.05) is 32.0 Å².